The van der Waals surface area contributed by atoms with Crippen molar-refractivity contribution in [3.63, 3.8) is 0 Å². The first-order chi connectivity index (χ1) is 4.34. The quantitative estimate of drug-likeness (QED) is 0.515. The molecule has 0 aromatic rings. The molecule has 3 nitrogen and oxygen atoms in total. The van der Waals surface area contributed by atoms with Gasteiger partial charge in [-0.05, 0) is 19.4 Å². The number of carbonyl (C=O) groups excluding carboxylic acids is 1. The Bertz CT molecular complexity index is 108. The first-order valence-corrected chi connectivity index (χ1v) is 3.31. The van der Waals surface area contributed by atoms with Gasteiger partial charge < -0.3 is 11.1 Å². The summed E-state index contributed by atoms with van der Waals surface area (Å²) in [4.78, 5) is 10.8. The van der Waals surface area contributed by atoms with Crippen LogP contribution in [-0.4, -0.2) is 24.9 Å². The Morgan fingerprint density at radius 2 is 2.56 bits per heavy atom. The van der Waals surface area contributed by atoms with Crippen molar-refractivity contribution < 1.29 is 4.79 Å². The van der Waals surface area contributed by atoms with Crippen LogP contribution in [0.25, 0.3) is 0 Å². The second kappa shape index (κ2) is 2.94. The van der Waals surface area contributed by atoms with E-state index in [0.29, 0.717) is 0 Å². The molecule has 9 heavy (non-hydrogen) atoms. The Balaban J connectivity index is 2.32. The summed E-state index contributed by atoms with van der Waals surface area (Å²) in [6.45, 7) is 1.15. The lowest BCUT2D eigenvalue weighted by Gasteiger charge is -2.04. The molecule has 1 unspecified atom stereocenters. The molecule has 52 valence electrons. The van der Waals surface area contributed by atoms with Gasteiger partial charge in [-0.1, -0.05) is 0 Å². The molecule has 0 spiro atoms. The highest BCUT2D eigenvalue weighted by atomic mass is 16.1. The van der Waals surface area contributed by atoms with Crippen molar-refractivity contribution in [1.29, 1.82) is 0 Å². The largest absolute Gasteiger partial charge is 0.324 e. The summed E-state index contributed by atoms with van der Waals surface area (Å²) in [5, 5.41) is 3.08. The number of ketones is 1. The van der Waals surface area contributed by atoms with E-state index in [2.05, 4.69) is 5.32 Å². The van der Waals surface area contributed by atoms with E-state index in [1.54, 1.807) is 0 Å². The predicted molar refractivity (Wildman–Crippen MR) is 35.1 cm³/mol. The van der Waals surface area contributed by atoms with Gasteiger partial charge in [0.25, 0.3) is 0 Å². The van der Waals surface area contributed by atoms with Gasteiger partial charge >= 0.3 is 0 Å². The SMILES string of the molecule is NCC(=O)C1CCCN1. The van der Waals surface area contributed by atoms with Crippen LogP contribution in [0.2, 0.25) is 0 Å². The van der Waals surface area contributed by atoms with Crippen LogP contribution in [0, 0.1) is 0 Å². The van der Waals surface area contributed by atoms with Crippen LogP contribution >= 0.6 is 0 Å². The highest BCUT2D eigenvalue weighted by Crippen LogP contribution is 2.04. The van der Waals surface area contributed by atoms with Gasteiger partial charge in [0, 0.05) is 0 Å². The first kappa shape index (κ1) is 6.71. The number of rotatable bonds is 2. The van der Waals surface area contributed by atoms with E-state index in [4.69, 9.17) is 5.73 Å². The molecule has 1 saturated heterocycles. The first-order valence-electron chi connectivity index (χ1n) is 3.31. The monoisotopic (exact) mass is 128 g/mol. The molecule has 1 aliphatic rings. The van der Waals surface area contributed by atoms with Crippen LogP contribution in [0.5, 0.6) is 0 Å². The minimum Gasteiger partial charge on any atom is -0.324 e. The molecule has 0 aromatic heterocycles. The van der Waals surface area contributed by atoms with Gasteiger partial charge in [0.1, 0.15) is 0 Å². The summed E-state index contributed by atoms with van der Waals surface area (Å²) < 4.78 is 0. The predicted octanol–water partition coefficient (Wildman–Crippen LogP) is -0.734. The third-order valence-electron chi connectivity index (χ3n) is 1.65. The Labute approximate surface area is 54.6 Å². The van der Waals surface area contributed by atoms with Crippen molar-refractivity contribution in [2.75, 3.05) is 13.1 Å². The normalized spacial score (nSPS) is 26.6. The zero-order valence-corrected chi connectivity index (χ0v) is 5.39. The van der Waals surface area contributed by atoms with Gasteiger partial charge in [-0.15, -0.1) is 0 Å². The van der Waals surface area contributed by atoms with Gasteiger partial charge in [0.2, 0.25) is 0 Å². The summed E-state index contributed by atoms with van der Waals surface area (Å²) in [5.74, 6) is 0.146. The molecule has 1 fully saturated rings. The van der Waals surface area contributed by atoms with Crippen LogP contribution in [-0.2, 0) is 4.79 Å². The van der Waals surface area contributed by atoms with Gasteiger partial charge in [0.05, 0.1) is 12.6 Å². The summed E-state index contributed by atoms with van der Waals surface area (Å²) >= 11 is 0. The van der Waals surface area contributed by atoms with Gasteiger partial charge in [-0.3, -0.25) is 4.79 Å². The molecule has 3 heteroatoms. The average Bonchev–Trinajstić information content (AvgIpc) is 2.37. The maximum Gasteiger partial charge on any atom is 0.163 e. The second-order valence-corrected chi connectivity index (χ2v) is 2.32. The maximum atomic E-state index is 10.8. The Hall–Kier alpha value is -0.410. The topological polar surface area (TPSA) is 55.1 Å². The van der Waals surface area contributed by atoms with Crippen LogP contribution in [0.1, 0.15) is 12.8 Å². The standard InChI is InChI=1S/C6H12N2O/c7-4-6(9)5-2-1-3-8-5/h5,8H,1-4,7H2. The van der Waals surface area contributed by atoms with Crippen molar-refractivity contribution in [3.8, 4) is 0 Å². The number of hydrogen-bond acceptors (Lipinski definition) is 3. The molecule has 0 amide bonds. The van der Waals surface area contributed by atoms with E-state index in [-0.39, 0.29) is 18.4 Å². The lowest BCUT2D eigenvalue weighted by Crippen LogP contribution is -2.35. The second-order valence-electron chi connectivity index (χ2n) is 2.32. The van der Waals surface area contributed by atoms with E-state index in [1.165, 1.54) is 0 Å². The minimum absolute atomic E-state index is 0.0648. The summed E-state index contributed by atoms with van der Waals surface area (Å²) in [6, 6.07) is 0.0648. The highest BCUT2D eigenvalue weighted by molar-refractivity contribution is 5.85. The molecule has 1 aliphatic heterocycles. The smallest absolute Gasteiger partial charge is 0.163 e. The fourth-order valence-corrected chi connectivity index (χ4v) is 1.10. The van der Waals surface area contributed by atoms with Crippen LogP contribution < -0.4 is 11.1 Å². The molecular weight excluding hydrogens is 116 g/mol. The van der Waals surface area contributed by atoms with Gasteiger partial charge in [-0.25, -0.2) is 0 Å². The lowest BCUT2D eigenvalue weighted by atomic mass is 10.1. The van der Waals surface area contributed by atoms with Crippen LogP contribution in [0.15, 0.2) is 0 Å². The van der Waals surface area contributed by atoms with Crippen molar-refractivity contribution in [2.24, 2.45) is 5.73 Å². The molecular formula is C6H12N2O. The number of nitrogens with two attached hydrogens (primary N) is 1. The molecule has 1 atom stereocenters. The molecule has 1 heterocycles. The number of hydrogen-bond donors (Lipinski definition) is 2. The maximum absolute atomic E-state index is 10.8. The number of nitrogens with one attached hydrogen (secondary N) is 1. The lowest BCUT2D eigenvalue weighted by molar-refractivity contribution is -0.119. The molecule has 0 bridgehead atoms. The van der Waals surface area contributed by atoms with Crippen LogP contribution in [0.3, 0.4) is 0 Å². The zero-order chi connectivity index (χ0) is 6.69. The highest BCUT2D eigenvalue weighted by Gasteiger charge is 2.19. The molecule has 0 saturated carbocycles. The summed E-state index contributed by atoms with van der Waals surface area (Å²) in [5.41, 5.74) is 5.16. The molecule has 1 rings (SSSR count). The molecule has 0 aliphatic carbocycles. The van der Waals surface area contributed by atoms with E-state index >= 15 is 0 Å². The Morgan fingerprint density at radius 3 is 3.00 bits per heavy atom. The van der Waals surface area contributed by atoms with E-state index in [1.807, 2.05) is 0 Å². The van der Waals surface area contributed by atoms with Gasteiger partial charge in [-0.2, -0.15) is 0 Å². The van der Waals surface area contributed by atoms with E-state index < -0.39 is 0 Å². The van der Waals surface area contributed by atoms with E-state index in [0.717, 1.165) is 19.4 Å². The average molecular weight is 128 g/mol. The molecule has 0 radical (unpaired) electrons. The minimum atomic E-state index is 0.0648. The Morgan fingerprint density at radius 1 is 1.78 bits per heavy atom. The van der Waals surface area contributed by atoms with E-state index in [9.17, 15) is 4.79 Å². The third kappa shape index (κ3) is 1.50. The fourth-order valence-electron chi connectivity index (χ4n) is 1.10. The molecule has 3 N–H and O–H groups in total. The molecule has 0 aromatic carbocycles. The summed E-state index contributed by atoms with van der Waals surface area (Å²) in [7, 11) is 0. The van der Waals surface area contributed by atoms with Crippen molar-refractivity contribution in [1.82, 2.24) is 5.32 Å². The van der Waals surface area contributed by atoms with Crippen molar-refractivity contribution >= 4 is 5.78 Å². The summed E-state index contributed by atoms with van der Waals surface area (Å²) in [6.07, 6.45) is 2.08. The van der Waals surface area contributed by atoms with Gasteiger partial charge in [0.15, 0.2) is 5.78 Å². The van der Waals surface area contributed by atoms with Crippen molar-refractivity contribution in [2.45, 2.75) is 18.9 Å². The number of carbonyl (C=O) groups is 1. The Kier molecular flexibility index (Phi) is 2.19. The fraction of sp³-hybridized carbons (Fsp3) is 0.833. The van der Waals surface area contributed by atoms with Crippen molar-refractivity contribution in [3.05, 3.63) is 0 Å². The third-order valence-corrected chi connectivity index (χ3v) is 1.65. The zero-order valence-electron chi connectivity index (χ0n) is 5.39. The number of Topliss-reactive ketones (excluding diaryl/α,β-unsaturated/α-hetero) is 1. The van der Waals surface area contributed by atoms with Crippen LogP contribution in [0.4, 0.5) is 0 Å².